The van der Waals surface area contributed by atoms with Crippen LogP contribution in [0.3, 0.4) is 0 Å². The minimum absolute atomic E-state index is 0.135. The van der Waals surface area contributed by atoms with Crippen molar-refractivity contribution in [3.05, 3.63) is 23.2 Å². The molecule has 10 heavy (non-hydrogen) atoms. The van der Waals surface area contributed by atoms with Crippen LogP contribution in [0.5, 0.6) is 11.5 Å². The summed E-state index contributed by atoms with van der Waals surface area (Å²) in [6.45, 7) is 0. The second kappa shape index (κ2) is 2.80. The van der Waals surface area contributed by atoms with Gasteiger partial charge < -0.3 is 4.74 Å². The van der Waals surface area contributed by atoms with E-state index in [2.05, 4.69) is 0 Å². The summed E-state index contributed by atoms with van der Waals surface area (Å²) in [5, 5.41) is 11.1. The SMILES string of the molecule is COc1cc([O])cc(Cl)c1. The summed E-state index contributed by atoms with van der Waals surface area (Å²) in [4.78, 5) is 0. The predicted octanol–water partition coefficient (Wildman–Crippen LogP) is 2.49. The molecule has 3 heteroatoms. The maximum Gasteiger partial charge on any atom is 0.183 e. The first-order valence-corrected chi connectivity index (χ1v) is 3.12. The van der Waals surface area contributed by atoms with Crippen molar-refractivity contribution in [3.8, 4) is 11.5 Å². The third kappa shape index (κ3) is 1.54. The molecule has 1 rings (SSSR count). The minimum Gasteiger partial charge on any atom is -0.497 e. The maximum absolute atomic E-state index is 10.7. The molecule has 0 saturated carbocycles. The van der Waals surface area contributed by atoms with Crippen LogP contribution in [0.2, 0.25) is 5.02 Å². The summed E-state index contributed by atoms with van der Waals surface area (Å²) >= 11 is 5.55. The van der Waals surface area contributed by atoms with Gasteiger partial charge in [0.15, 0.2) is 5.75 Å². The Labute approximate surface area is 64.0 Å². The van der Waals surface area contributed by atoms with Crippen molar-refractivity contribution in [1.82, 2.24) is 0 Å². The molecule has 0 aliphatic carbocycles. The van der Waals surface area contributed by atoms with E-state index in [1.165, 1.54) is 19.2 Å². The highest BCUT2D eigenvalue weighted by atomic mass is 35.5. The molecule has 0 atom stereocenters. The fraction of sp³-hybridized carbons (Fsp3) is 0.143. The van der Waals surface area contributed by atoms with Gasteiger partial charge in [-0.3, -0.25) is 5.11 Å². The monoisotopic (exact) mass is 157 g/mol. The third-order valence-electron chi connectivity index (χ3n) is 1.08. The summed E-state index contributed by atoms with van der Waals surface area (Å²) in [6, 6.07) is 4.30. The van der Waals surface area contributed by atoms with Crippen LogP contribution in [-0.2, 0) is 5.11 Å². The Morgan fingerprint density at radius 1 is 1.40 bits per heavy atom. The lowest BCUT2D eigenvalue weighted by molar-refractivity contribution is 0.348. The Balaban J connectivity index is 3.06. The average Bonchev–Trinajstić information content (AvgIpc) is 1.85. The van der Waals surface area contributed by atoms with Gasteiger partial charge in [-0.15, -0.1) is 0 Å². The van der Waals surface area contributed by atoms with Crippen LogP contribution in [0, 0.1) is 0 Å². The van der Waals surface area contributed by atoms with Crippen molar-refractivity contribution in [2.75, 3.05) is 7.11 Å². The molecule has 0 fully saturated rings. The molecular weight excluding hydrogens is 152 g/mol. The number of benzene rings is 1. The predicted molar refractivity (Wildman–Crippen MR) is 38.1 cm³/mol. The molecule has 0 saturated heterocycles. The standard InChI is InChI=1S/C7H6ClO2/c1-10-7-3-5(8)2-6(9)4-7/h2-4H,1H3. The maximum atomic E-state index is 10.7. The molecule has 53 valence electrons. The van der Waals surface area contributed by atoms with Crippen molar-refractivity contribution in [1.29, 1.82) is 0 Å². The second-order valence-corrected chi connectivity index (χ2v) is 2.26. The van der Waals surface area contributed by atoms with E-state index in [1.807, 2.05) is 0 Å². The largest absolute Gasteiger partial charge is 0.497 e. The first-order valence-electron chi connectivity index (χ1n) is 2.74. The molecule has 1 radical (unpaired) electrons. The number of hydrogen-bond acceptors (Lipinski definition) is 1. The Hall–Kier alpha value is -0.890. The van der Waals surface area contributed by atoms with Gasteiger partial charge in [-0.1, -0.05) is 11.6 Å². The smallest absolute Gasteiger partial charge is 0.183 e. The van der Waals surface area contributed by atoms with Gasteiger partial charge >= 0.3 is 0 Å². The zero-order chi connectivity index (χ0) is 7.56. The normalized spacial score (nSPS) is 9.40. The molecule has 0 N–H and O–H groups in total. The van der Waals surface area contributed by atoms with Crippen molar-refractivity contribution < 1.29 is 9.84 Å². The Morgan fingerprint density at radius 3 is 2.60 bits per heavy atom. The van der Waals surface area contributed by atoms with Crippen LogP contribution in [0.25, 0.3) is 0 Å². The third-order valence-corrected chi connectivity index (χ3v) is 1.30. The average molecular weight is 158 g/mol. The van der Waals surface area contributed by atoms with Gasteiger partial charge in [0.05, 0.1) is 7.11 Å². The topological polar surface area (TPSA) is 29.1 Å². The lowest BCUT2D eigenvalue weighted by Gasteiger charge is -1.98. The van der Waals surface area contributed by atoms with Gasteiger partial charge in [-0.05, 0) is 6.07 Å². The molecule has 0 aliphatic heterocycles. The van der Waals surface area contributed by atoms with Gasteiger partial charge in [0, 0.05) is 17.2 Å². The molecule has 0 amide bonds. The zero-order valence-electron chi connectivity index (χ0n) is 5.43. The number of hydrogen-bond donors (Lipinski definition) is 0. The number of halogens is 1. The zero-order valence-corrected chi connectivity index (χ0v) is 6.18. The van der Waals surface area contributed by atoms with E-state index in [0.717, 1.165) is 0 Å². The summed E-state index contributed by atoms with van der Waals surface area (Å²) < 4.78 is 4.79. The number of rotatable bonds is 1. The van der Waals surface area contributed by atoms with E-state index < -0.39 is 0 Å². The van der Waals surface area contributed by atoms with E-state index in [4.69, 9.17) is 16.3 Å². The quantitative estimate of drug-likeness (QED) is 0.616. The lowest BCUT2D eigenvalue weighted by Crippen LogP contribution is -1.80. The number of methoxy groups -OCH3 is 1. The summed E-state index contributed by atoms with van der Waals surface area (Å²) in [7, 11) is 1.49. The van der Waals surface area contributed by atoms with Gasteiger partial charge in [-0.25, -0.2) is 0 Å². The van der Waals surface area contributed by atoms with Gasteiger partial charge in [-0.2, -0.15) is 0 Å². The minimum atomic E-state index is -0.135. The first-order chi connectivity index (χ1) is 4.72. The van der Waals surface area contributed by atoms with E-state index in [9.17, 15) is 5.11 Å². The molecule has 0 aromatic heterocycles. The molecule has 0 aliphatic rings. The molecule has 0 bridgehead atoms. The molecular formula is C7H6ClO2. The van der Waals surface area contributed by atoms with Gasteiger partial charge in [0.2, 0.25) is 0 Å². The molecule has 2 nitrogen and oxygen atoms in total. The molecule has 0 heterocycles. The Bertz CT molecular complexity index is 215. The fourth-order valence-electron chi connectivity index (χ4n) is 0.655. The first kappa shape index (κ1) is 7.22. The van der Waals surface area contributed by atoms with E-state index >= 15 is 0 Å². The van der Waals surface area contributed by atoms with Crippen LogP contribution in [0.1, 0.15) is 0 Å². The molecule has 0 spiro atoms. The Kier molecular flexibility index (Phi) is 2.02. The van der Waals surface area contributed by atoms with Gasteiger partial charge in [0.25, 0.3) is 0 Å². The van der Waals surface area contributed by atoms with Crippen LogP contribution >= 0.6 is 11.6 Å². The van der Waals surface area contributed by atoms with Crippen molar-refractivity contribution >= 4 is 11.6 Å². The highest BCUT2D eigenvalue weighted by molar-refractivity contribution is 6.30. The lowest BCUT2D eigenvalue weighted by atomic mass is 10.3. The van der Waals surface area contributed by atoms with Crippen molar-refractivity contribution in [2.45, 2.75) is 0 Å². The second-order valence-electron chi connectivity index (χ2n) is 1.83. The van der Waals surface area contributed by atoms with E-state index in [1.54, 1.807) is 6.07 Å². The summed E-state index contributed by atoms with van der Waals surface area (Å²) in [5.74, 6) is 0.363. The van der Waals surface area contributed by atoms with Crippen LogP contribution in [0.15, 0.2) is 18.2 Å². The fourth-order valence-corrected chi connectivity index (χ4v) is 0.870. The van der Waals surface area contributed by atoms with Crippen LogP contribution in [0.4, 0.5) is 0 Å². The summed E-state index contributed by atoms with van der Waals surface area (Å²) in [5.41, 5.74) is 0. The number of ether oxygens (including phenoxy) is 1. The highest BCUT2D eigenvalue weighted by Gasteiger charge is 1.97. The Morgan fingerprint density at radius 2 is 2.10 bits per heavy atom. The molecule has 1 aromatic carbocycles. The highest BCUT2D eigenvalue weighted by Crippen LogP contribution is 2.24. The molecule has 1 aromatic rings. The van der Waals surface area contributed by atoms with Crippen molar-refractivity contribution in [3.63, 3.8) is 0 Å². The summed E-state index contributed by atoms with van der Waals surface area (Å²) in [6.07, 6.45) is 0. The van der Waals surface area contributed by atoms with Crippen molar-refractivity contribution in [2.24, 2.45) is 0 Å². The van der Waals surface area contributed by atoms with Crippen LogP contribution in [-0.4, -0.2) is 7.11 Å². The van der Waals surface area contributed by atoms with Gasteiger partial charge in [0.1, 0.15) is 5.75 Å². The van der Waals surface area contributed by atoms with E-state index in [0.29, 0.717) is 10.8 Å². The van der Waals surface area contributed by atoms with E-state index in [-0.39, 0.29) is 5.75 Å². The molecule has 0 unspecified atom stereocenters. The van der Waals surface area contributed by atoms with Crippen LogP contribution < -0.4 is 4.74 Å².